The summed E-state index contributed by atoms with van der Waals surface area (Å²) in [6.45, 7) is 9.58. The highest BCUT2D eigenvalue weighted by atomic mass is 15.3. The van der Waals surface area contributed by atoms with E-state index >= 15 is 0 Å². The van der Waals surface area contributed by atoms with Gasteiger partial charge in [0.2, 0.25) is 0 Å². The minimum atomic E-state index is 0.705. The minimum absolute atomic E-state index is 0.705. The van der Waals surface area contributed by atoms with Gasteiger partial charge >= 0.3 is 0 Å². The van der Waals surface area contributed by atoms with Gasteiger partial charge in [0, 0.05) is 56.9 Å². The lowest BCUT2D eigenvalue weighted by molar-refractivity contribution is 0.0813. The highest BCUT2D eigenvalue weighted by molar-refractivity contribution is 5.92. The van der Waals surface area contributed by atoms with Crippen LogP contribution in [-0.4, -0.2) is 67.1 Å². The fourth-order valence-corrected chi connectivity index (χ4v) is 4.48. The third-order valence-corrected chi connectivity index (χ3v) is 6.29. The molecule has 2 fully saturated rings. The molecule has 25 heavy (non-hydrogen) atoms. The highest BCUT2D eigenvalue weighted by Gasteiger charge is 2.29. The van der Waals surface area contributed by atoms with E-state index in [-0.39, 0.29) is 0 Å². The lowest BCUT2D eigenvalue weighted by Crippen LogP contribution is -2.51. The molecule has 1 aromatic carbocycles. The van der Waals surface area contributed by atoms with Gasteiger partial charge in [0.25, 0.3) is 0 Å². The van der Waals surface area contributed by atoms with Crippen LogP contribution in [0.15, 0.2) is 36.5 Å². The normalized spacial score (nSPS) is 22.4. The van der Waals surface area contributed by atoms with Gasteiger partial charge in [-0.15, -0.1) is 0 Å². The molecule has 0 aliphatic carbocycles. The van der Waals surface area contributed by atoms with Gasteiger partial charge in [-0.05, 0) is 44.2 Å². The predicted octanol–water partition coefficient (Wildman–Crippen LogP) is 3.09. The Kier molecular flexibility index (Phi) is 4.91. The topological polar surface area (TPSA) is 22.6 Å². The Labute approximate surface area is 151 Å². The van der Waals surface area contributed by atoms with Crippen molar-refractivity contribution in [2.45, 2.75) is 25.8 Å². The number of nitrogens with zero attached hydrogens (tertiary/aromatic N) is 4. The number of hydrogen-bond acceptors (Lipinski definition) is 4. The van der Waals surface area contributed by atoms with E-state index in [4.69, 9.17) is 4.98 Å². The van der Waals surface area contributed by atoms with Gasteiger partial charge in [-0.2, -0.15) is 0 Å². The summed E-state index contributed by atoms with van der Waals surface area (Å²) in [7, 11) is 2.23. The molecule has 1 atom stereocenters. The van der Waals surface area contributed by atoms with Gasteiger partial charge < -0.3 is 9.80 Å². The van der Waals surface area contributed by atoms with E-state index in [1.165, 1.54) is 55.6 Å². The second-order valence-electron chi connectivity index (χ2n) is 7.76. The average Bonchev–Trinajstić information content (AvgIpc) is 2.68. The minimum Gasteiger partial charge on any atom is -0.356 e. The Bertz CT molecular complexity index is 695. The van der Waals surface area contributed by atoms with E-state index < -0.39 is 0 Å². The van der Waals surface area contributed by atoms with Gasteiger partial charge in [-0.1, -0.05) is 24.3 Å². The maximum absolute atomic E-state index is 4.71. The van der Waals surface area contributed by atoms with Crippen molar-refractivity contribution in [2.24, 2.45) is 5.92 Å². The monoisotopic (exact) mass is 338 g/mol. The van der Waals surface area contributed by atoms with Crippen LogP contribution in [0.4, 0.5) is 5.82 Å². The van der Waals surface area contributed by atoms with Crippen molar-refractivity contribution in [3.63, 3.8) is 0 Å². The van der Waals surface area contributed by atoms with Crippen molar-refractivity contribution in [2.75, 3.05) is 51.2 Å². The Hall–Kier alpha value is -1.65. The Balaban J connectivity index is 1.41. The van der Waals surface area contributed by atoms with E-state index in [1.807, 2.05) is 6.20 Å². The van der Waals surface area contributed by atoms with Crippen LogP contribution in [0, 0.1) is 5.92 Å². The number of pyridine rings is 1. The van der Waals surface area contributed by atoms with Crippen molar-refractivity contribution in [1.82, 2.24) is 14.8 Å². The number of likely N-dealkylation sites (N-methyl/N-ethyl adjacent to an activating group) is 1. The molecule has 0 bridgehead atoms. The number of anilines is 1. The predicted molar refractivity (Wildman–Crippen MR) is 105 cm³/mol. The van der Waals surface area contributed by atoms with E-state index in [9.17, 15) is 0 Å². The average molecular weight is 338 g/mol. The molecule has 2 aliphatic rings. The molecule has 2 saturated heterocycles. The molecule has 3 heterocycles. The van der Waals surface area contributed by atoms with Crippen molar-refractivity contribution < 1.29 is 0 Å². The van der Waals surface area contributed by atoms with Crippen LogP contribution >= 0.6 is 0 Å². The van der Waals surface area contributed by atoms with Gasteiger partial charge in [0.05, 0.1) is 0 Å². The largest absolute Gasteiger partial charge is 0.356 e. The molecule has 4 nitrogen and oxygen atoms in total. The number of hydrogen-bond donors (Lipinski definition) is 0. The van der Waals surface area contributed by atoms with Gasteiger partial charge in [0.15, 0.2) is 0 Å². The Morgan fingerprint density at radius 2 is 1.68 bits per heavy atom. The van der Waals surface area contributed by atoms with Crippen LogP contribution in [0.1, 0.15) is 19.8 Å². The zero-order chi connectivity index (χ0) is 17.2. The molecule has 0 saturated carbocycles. The molecule has 1 unspecified atom stereocenters. The van der Waals surface area contributed by atoms with Crippen molar-refractivity contribution >= 4 is 16.6 Å². The van der Waals surface area contributed by atoms with Gasteiger partial charge in [-0.25, -0.2) is 4.98 Å². The molecule has 134 valence electrons. The lowest BCUT2D eigenvalue weighted by Gasteiger charge is -2.43. The van der Waals surface area contributed by atoms with Crippen LogP contribution in [0.2, 0.25) is 0 Å². The molecule has 2 aliphatic heterocycles. The lowest BCUT2D eigenvalue weighted by atomic mass is 9.89. The first-order valence-electron chi connectivity index (χ1n) is 9.73. The van der Waals surface area contributed by atoms with Crippen molar-refractivity contribution in [3.8, 4) is 0 Å². The molecular weight excluding hydrogens is 308 g/mol. The molecule has 0 spiro atoms. The van der Waals surface area contributed by atoms with E-state index in [0.29, 0.717) is 6.04 Å². The SMILES string of the molecule is CC(C1CCN(c2nccc3ccccc23)CC1)N1CCN(C)CC1. The number of piperazine rings is 1. The number of piperidine rings is 1. The molecular formula is C21H30N4. The van der Waals surface area contributed by atoms with Gasteiger partial charge in [0.1, 0.15) is 5.82 Å². The first-order chi connectivity index (χ1) is 12.2. The molecule has 4 heteroatoms. The van der Waals surface area contributed by atoms with Gasteiger partial charge in [-0.3, -0.25) is 4.90 Å². The summed E-state index contributed by atoms with van der Waals surface area (Å²) in [5.41, 5.74) is 0. The maximum atomic E-state index is 4.71. The summed E-state index contributed by atoms with van der Waals surface area (Å²) in [4.78, 5) is 12.4. The van der Waals surface area contributed by atoms with Crippen molar-refractivity contribution in [1.29, 1.82) is 0 Å². The molecule has 0 N–H and O–H groups in total. The zero-order valence-corrected chi connectivity index (χ0v) is 15.6. The standard InChI is InChI=1S/C21H30N4/c1-17(24-15-13-23(2)14-16-24)18-8-11-25(12-9-18)21-20-6-4-3-5-19(20)7-10-22-21/h3-7,10,17-18H,8-9,11-16H2,1-2H3. The summed E-state index contributed by atoms with van der Waals surface area (Å²) in [6, 6.07) is 11.4. The molecule has 4 rings (SSSR count). The van der Waals surface area contributed by atoms with Crippen LogP contribution < -0.4 is 4.90 Å². The maximum Gasteiger partial charge on any atom is 0.136 e. The first-order valence-corrected chi connectivity index (χ1v) is 9.73. The number of fused-ring (bicyclic) bond motifs is 1. The second kappa shape index (κ2) is 7.30. The van der Waals surface area contributed by atoms with Crippen LogP contribution in [0.5, 0.6) is 0 Å². The first kappa shape index (κ1) is 16.8. The fourth-order valence-electron chi connectivity index (χ4n) is 4.48. The third kappa shape index (κ3) is 3.51. The molecule has 1 aromatic heterocycles. The van der Waals surface area contributed by atoms with E-state index in [2.05, 4.69) is 59.0 Å². The smallest absolute Gasteiger partial charge is 0.136 e. The highest BCUT2D eigenvalue weighted by Crippen LogP contribution is 2.30. The number of aromatic nitrogens is 1. The quantitative estimate of drug-likeness (QED) is 0.858. The zero-order valence-electron chi connectivity index (χ0n) is 15.6. The van der Waals surface area contributed by atoms with E-state index in [0.717, 1.165) is 19.0 Å². The van der Waals surface area contributed by atoms with Crippen LogP contribution in [-0.2, 0) is 0 Å². The summed E-state index contributed by atoms with van der Waals surface area (Å²) >= 11 is 0. The summed E-state index contributed by atoms with van der Waals surface area (Å²) in [5.74, 6) is 1.98. The molecule has 0 radical (unpaired) electrons. The summed E-state index contributed by atoms with van der Waals surface area (Å²) < 4.78 is 0. The van der Waals surface area contributed by atoms with Crippen LogP contribution in [0.25, 0.3) is 10.8 Å². The van der Waals surface area contributed by atoms with Crippen molar-refractivity contribution in [3.05, 3.63) is 36.5 Å². The Morgan fingerprint density at radius 1 is 0.960 bits per heavy atom. The fraction of sp³-hybridized carbons (Fsp3) is 0.571. The third-order valence-electron chi connectivity index (χ3n) is 6.29. The summed E-state index contributed by atoms with van der Waals surface area (Å²) in [6.07, 6.45) is 4.51. The van der Waals surface area contributed by atoms with E-state index in [1.54, 1.807) is 0 Å². The number of benzene rings is 1. The Morgan fingerprint density at radius 3 is 2.44 bits per heavy atom. The van der Waals surface area contributed by atoms with Crippen LogP contribution in [0.3, 0.4) is 0 Å². The molecule has 2 aromatic rings. The number of rotatable bonds is 3. The second-order valence-corrected chi connectivity index (χ2v) is 7.76. The summed E-state index contributed by atoms with van der Waals surface area (Å²) in [5, 5.41) is 2.58. The molecule has 0 amide bonds.